The molecular weight excluding hydrogens is 244 g/mol. The minimum atomic E-state index is 0.298. The number of hydrogen-bond donors (Lipinski definition) is 1. The molecule has 0 aromatic rings. The second-order valence-electron chi connectivity index (χ2n) is 9.07. The molecule has 3 aliphatic carbocycles. The Kier molecular flexibility index (Phi) is 3.92. The van der Waals surface area contributed by atoms with E-state index in [2.05, 4.69) is 25.7 Å². The van der Waals surface area contributed by atoms with Crippen LogP contribution in [0.4, 0.5) is 0 Å². The van der Waals surface area contributed by atoms with Crippen LogP contribution in [0, 0.1) is 23.2 Å². The molecule has 0 heterocycles. The van der Waals surface area contributed by atoms with Crippen molar-refractivity contribution in [2.75, 3.05) is 19.6 Å². The molecule has 2 atom stereocenters. The summed E-state index contributed by atoms with van der Waals surface area (Å²) < 4.78 is 0. The predicted molar refractivity (Wildman–Crippen MR) is 85.6 cm³/mol. The minimum absolute atomic E-state index is 0.298. The second-order valence-corrected chi connectivity index (χ2v) is 9.07. The zero-order chi connectivity index (χ0) is 14.4. The van der Waals surface area contributed by atoms with Crippen molar-refractivity contribution in [3.8, 4) is 0 Å². The first-order valence-electron chi connectivity index (χ1n) is 8.88. The van der Waals surface area contributed by atoms with Gasteiger partial charge in [0, 0.05) is 25.2 Å². The van der Waals surface area contributed by atoms with E-state index in [9.17, 15) is 0 Å². The SMILES string of the molecule is CC1CC(C)(C)CC(CN)(N(CC2CC2)CC2CC2)C1. The van der Waals surface area contributed by atoms with Gasteiger partial charge in [-0.1, -0.05) is 20.8 Å². The van der Waals surface area contributed by atoms with Crippen molar-refractivity contribution in [2.24, 2.45) is 28.9 Å². The van der Waals surface area contributed by atoms with E-state index in [0.29, 0.717) is 11.0 Å². The Morgan fingerprint density at radius 2 is 1.55 bits per heavy atom. The van der Waals surface area contributed by atoms with Gasteiger partial charge in [0.2, 0.25) is 0 Å². The van der Waals surface area contributed by atoms with E-state index in [0.717, 1.165) is 24.3 Å². The minimum Gasteiger partial charge on any atom is -0.329 e. The van der Waals surface area contributed by atoms with E-state index < -0.39 is 0 Å². The summed E-state index contributed by atoms with van der Waals surface area (Å²) in [7, 11) is 0. The zero-order valence-corrected chi connectivity index (χ0v) is 13.8. The van der Waals surface area contributed by atoms with E-state index in [4.69, 9.17) is 5.73 Å². The Hall–Kier alpha value is -0.0800. The van der Waals surface area contributed by atoms with Crippen molar-refractivity contribution < 1.29 is 0 Å². The molecule has 0 amide bonds. The maximum absolute atomic E-state index is 6.37. The van der Waals surface area contributed by atoms with E-state index in [-0.39, 0.29) is 0 Å². The van der Waals surface area contributed by atoms with Gasteiger partial charge in [-0.3, -0.25) is 4.90 Å². The van der Waals surface area contributed by atoms with Crippen LogP contribution in [0.2, 0.25) is 0 Å². The molecule has 3 saturated carbocycles. The molecule has 3 fully saturated rings. The molecule has 0 aromatic carbocycles. The average Bonchev–Trinajstić information content (AvgIpc) is 3.19. The maximum Gasteiger partial charge on any atom is 0.0339 e. The highest BCUT2D eigenvalue weighted by Gasteiger charge is 2.47. The largest absolute Gasteiger partial charge is 0.329 e. The van der Waals surface area contributed by atoms with E-state index in [1.54, 1.807) is 0 Å². The molecule has 0 aromatic heterocycles. The van der Waals surface area contributed by atoms with Gasteiger partial charge in [-0.25, -0.2) is 0 Å². The van der Waals surface area contributed by atoms with Gasteiger partial charge in [0.1, 0.15) is 0 Å². The molecule has 2 unspecified atom stereocenters. The lowest BCUT2D eigenvalue weighted by Crippen LogP contribution is -2.60. The smallest absolute Gasteiger partial charge is 0.0339 e. The van der Waals surface area contributed by atoms with Crippen molar-refractivity contribution in [3.63, 3.8) is 0 Å². The second kappa shape index (κ2) is 5.28. The molecule has 3 rings (SSSR count). The van der Waals surface area contributed by atoms with Crippen LogP contribution in [0.15, 0.2) is 0 Å². The first kappa shape index (κ1) is 14.8. The summed E-state index contributed by atoms with van der Waals surface area (Å²) in [6, 6.07) is 0. The van der Waals surface area contributed by atoms with Gasteiger partial charge >= 0.3 is 0 Å². The van der Waals surface area contributed by atoms with Gasteiger partial charge in [-0.2, -0.15) is 0 Å². The van der Waals surface area contributed by atoms with Crippen LogP contribution in [-0.4, -0.2) is 30.1 Å². The van der Waals surface area contributed by atoms with Crippen molar-refractivity contribution in [1.29, 1.82) is 0 Å². The number of nitrogens with two attached hydrogens (primary N) is 1. The molecular formula is C18H34N2. The van der Waals surface area contributed by atoms with Crippen LogP contribution in [0.25, 0.3) is 0 Å². The first-order chi connectivity index (χ1) is 9.42. The van der Waals surface area contributed by atoms with E-state index in [1.807, 2.05) is 0 Å². The van der Waals surface area contributed by atoms with Crippen molar-refractivity contribution in [2.45, 2.75) is 71.3 Å². The normalized spacial score (nSPS) is 37.4. The van der Waals surface area contributed by atoms with Crippen LogP contribution in [0.1, 0.15) is 65.7 Å². The van der Waals surface area contributed by atoms with Gasteiger partial charge in [-0.15, -0.1) is 0 Å². The third kappa shape index (κ3) is 3.39. The predicted octanol–water partition coefficient (Wildman–Crippen LogP) is 3.65. The monoisotopic (exact) mass is 278 g/mol. The zero-order valence-electron chi connectivity index (χ0n) is 13.8. The van der Waals surface area contributed by atoms with Gasteiger partial charge in [0.05, 0.1) is 0 Å². The molecule has 20 heavy (non-hydrogen) atoms. The fraction of sp³-hybridized carbons (Fsp3) is 1.00. The van der Waals surface area contributed by atoms with Crippen molar-refractivity contribution >= 4 is 0 Å². The van der Waals surface area contributed by atoms with Gasteiger partial charge in [0.15, 0.2) is 0 Å². The van der Waals surface area contributed by atoms with E-state index >= 15 is 0 Å². The number of rotatable bonds is 6. The van der Waals surface area contributed by atoms with Gasteiger partial charge < -0.3 is 5.73 Å². The Labute approximate surface area is 125 Å². The summed E-state index contributed by atoms with van der Waals surface area (Å²) in [4.78, 5) is 2.86. The van der Waals surface area contributed by atoms with Crippen LogP contribution in [0.3, 0.4) is 0 Å². The lowest BCUT2D eigenvalue weighted by molar-refractivity contribution is -0.0170. The maximum atomic E-state index is 6.37. The lowest BCUT2D eigenvalue weighted by Gasteiger charge is -2.53. The Morgan fingerprint density at radius 1 is 1.00 bits per heavy atom. The summed E-state index contributed by atoms with van der Waals surface area (Å²) in [6.45, 7) is 10.9. The topological polar surface area (TPSA) is 29.3 Å². The highest BCUT2D eigenvalue weighted by molar-refractivity contribution is 5.03. The molecule has 0 radical (unpaired) electrons. The van der Waals surface area contributed by atoms with E-state index in [1.165, 1.54) is 58.0 Å². The number of hydrogen-bond acceptors (Lipinski definition) is 2. The quantitative estimate of drug-likeness (QED) is 0.803. The molecule has 0 spiro atoms. The average molecular weight is 278 g/mol. The third-order valence-electron chi connectivity index (χ3n) is 5.84. The van der Waals surface area contributed by atoms with Gasteiger partial charge in [0.25, 0.3) is 0 Å². The molecule has 0 aliphatic heterocycles. The fourth-order valence-electron chi connectivity index (χ4n) is 4.91. The summed E-state index contributed by atoms with van der Waals surface area (Å²) >= 11 is 0. The summed E-state index contributed by atoms with van der Waals surface area (Å²) in [5.41, 5.74) is 7.13. The van der Waals surface area contributed by atoms with Crippen LogP contribution in [-0.2, 0) is 0 Å². The summed E-state index contributed by atoms with van der Waals surface area (Å²) in [6.07, 6.45) is 9.84. The molecule has 3 aliphatic rings. The first-order valence-corrected chi connectivity index (χ1v) is 8.88. The molecule has 2 heteroatoms. The van der Waals surface area contributed by atoms with Crippen molar-refractivity contribution in [1.82, 2.24) is 4.90 Å². The molecule has 0 bridgehead atoms. The van der Waals surface area contributed by atoms with Crippen LogP contribution < -0.4 is 5.73 Å². The van der Waals surface area contributed by atoms with Crippen LogP contribution >= 0.6 is 0 Å². The van der Waals surface area contributed by atoms with Crippen molar-refractivity contribution in [3.05, 3.63) is 0 Å². The van der Waals surface area contributed by atoms with Gasteiger partial charge in [-0.05, 0) is 68.1 Å². The molecule has 2 N–H and O–H groups in total. The molecule has 116 valence electrons. The highest BCUT2D eigenvalue weighted by Crippen LogP contribution is 2.48. The van der Waals surface area contributed by atoms with Crippen LogP contribution in [0.5, 0.6) is 0 Å². The lowest BCUT2D eigenvalue weighted by atomic mass is 9.63. The number of nitrogens with zero attached hydrogens (tertiary/aromatic N) is 1. The standard InChI is InChI=1S/C18H34N2/c1-14-8-17(2,3)12-18(9-14,13-19)20(10-15-4-5-15)11-16-6-7-16/h14-16H,4-13,19H2,1-3H3. The highest BCUT2D eigenvalue weighted by atomic mass is 15.2. The summed E-state index contributed by atoms with van der Waals surface area (Å²) in [5, 5.41) is 0. The Balaban J connectivity index is 1.78. The summed E-state index contributed by atoms with van der Waals surface area (Å²) in [5.74, 6) is 2.79. The third-order valence-corrected chi connectivity index (χ3v) is 5.84. The Morgan fingerprint density at radius 3 is 1.95 bits per heavy atom. The Bertz CT molecular complexity index is 329. The fourth-order valence-corrected chi connectivity index (χ4v) is 4.91. The molecule has 0 saturated heterocycles. The molecule has 2 nitrogen and oxygen atoms in total.